The Morgan fingerprint density at radius 2 is 1.06 bits per heavy atom. The average Bonchev–Trinajstić information content (AvgIpc) is 1.53. The molecule has 0 heterocycles. The van der Waals surface area contributed by atoms with Gasteiger partial charge in [0.05, 0.1) is 15.6 Å². The van der Waals surface area contributed by atoms with Gasteiger partial charge in [0.2, 0.25) is 0 Å². The summed E-state index contributed by atoms with van der Waals surface area (Å²) in [5.41, 5.74) is 0. The van der Waals surface area contributed by atoms with Gasteiger partial charge < -0.3 is 38.1 Å². The fourth-order valence-corrected chi connectivity index (χ4v) is 1.10. The molecule has 0 aromatic carbocycles. The minimum absolute atomic E-state index is 0. The summed E-state index contributed by atoms with van der Waals surface area (Å²) in [6, 6.07) is 0. The van der Waals surface area contributed by atoms with Crippen molar-refractivity contribution in [3.8, 4) is 0 Å². The third kappa shape index (κ3) is 51.7. The second-order valence-electron chi connectivity index (χ2n) is 1.29. The molecule has 0 spiro atoms. The maximum Gasteiger partial charge on any atom is 1.00 e. The Morgan fingerprint density at radius 3 is 1.06 bits per heavy atom. The number of hydrogen-bond donors (Lipinski definition) is 1. The van der Waals surface area contributed by atoms with Crippen LogP contribution in [0.2, 0.25) is 0 Å². The van der Waals surface area contributed by atoms with Gasteiger partial charge in [-0.1, -0.05) is 0 Å². The van der Waals surface area contributed by atoms with Crippen molar-refractivity contribution in [2.24, 2.45) is 0 Å². The van der Waals surface area contributed by atoms with E-state index in [1.54, 1.807) is 6.92 Å². The monoisotopic (exact) mass is 312 g/mol. The molecule has 0 saturated heterocycles. The summed E-state index contributed by atoms with van der Waals surface area (Å²) in [4.78, 5) is 37.3. The van der Waals surface area contributed by atoms with E-state index in [4.69, 9.17) is 5.11 Å². The van der Waals surface area contributed by atoms with Gasteiger partial charge >= 0.3 is 118 Å². The fraction of sp³-hybridized carbons (Fsp3) is 1.00. The molecule has 1 N–H and O–H groups in total. The van der Waals surface area contributed by atoms with E-state index in [-0.39, 0.29) is 125 Å². The van der Waals surface area contributed by atoms with Gasteiger partial charge in [-0.05, 0) is 6.92 Å². The van der Waals surface area contributed by atoms with Gasteiger partial charge in [0, 0.05) is 6.61 Å². The maximum absolute atomic E-state index is 9.32. The minimum atomic E-state index is -5.68. The standard InChI is InChI=1S/C2H6O.4Na.H4O7P2/c1-2-3;;;;;1-8(2,3)7-9(4,5)6/h3H,2H2,1H3;;;;;(H2,1,2,3)(H2,4,5,6)/q;4*+1;/p-4. The number of rotatable bonds is 2. The Balaban J connectivity index is -0.0000000324. The van der Waals surface area contributed by atoms with Crippen molar-refractivity contribution in [2.45, 2.75) is 6.92 Å². The van der Waals surface area contributed by atoms with E-state index in [1.807, 2.05) is 0 Å². The van der Waals surface area contributed by atoms with Crippen molar-refractivity contribution in [1.29, 1.82) is 0 Å². The van der Waals surface area contributed by atoms with Crippen LogP contribution in [0.25, 0.3) is 0 Å². The van der Waals surface area contributed by atoms with Gasteiger partial charge in [-0.25, -0.2) is 0 Å². The normalized spacial score (nSPS) is 8.88. The first-order chi connectivity index (χ1) is 5.12. The van der Waals surface area contributed by atoms with Crippen molar-refractivity contribution in [3.63, 3.8) is 0 Å². The van der Waals surface area contributed by atoms with E-state index in [9.17, 15) is 28.7 Å². The van der Waals surface area contributed by atoms with Crippen LogP contribution >= 0.6 is 15.6 Å². The Morgan fingerprint density at radius 1 is 0.938 bits per heavy atom. The smallest absolute Gasteiger partial charge is 0.790 e. The molecule has 16 heavy (non-hydrogen) atoms. The van der Waals surface area contributed by atoms with Gasteiger partial charge in [0.1, 0.15) is 0 Å². The van der Waals surface area contributed by atoms with Crippen molar-refractivity contribution in [2.75, 3.05) is 6.61 Å². The molecule has 0 aromatic rings. The summed E-state index contributed by atoms with van der Waals surface area (Å²) in [6.45, 7) is 1.93. The number of phosphoric acid groups is 2. The van der Waals surface area contributed by atoms with E-state index in [1.165, 1.54) is 0 Å². The Labute approximate surface area is 182 Å². The van der Waals surface area contributed by atoms with Crippen LogP contribution in [-0.2, 0) is 13.4 Å². The molecular weight excluding hydrogens is 306 g/mol. The molecule has 0 unspecified atom stereocenters. The van der Waals surface area contributed by atoms with Crippen molar-refractivity contribution in [1.82, 2.24) is 0 Å². The molecule has 0 radical (unpaired) electrons. The maximum atomic E-state index is 9.32. The molecule has 0 amide bonds. The summed E-state index contributed by atoms with van der Waals surface area (Å²) in [7, 11) is -11.4. The summed E-state index contributed by atoms with van der Waals surface area (Å²) < 4.78 is 21.2. The molecule has 0 aliphatic carbocycles. The van der Waals surface area contributed by atoms with Gasteiger partial charge in [0.25, 0.3) is 0 Å². The summed E-state index contributed by atoms with van der Waals surface area (Å²) in [6.07, 6.45) is 0. The quantitative estimate of drug-likeness (QED) is 0.389. The predicted octanol–water partition coefficient (Wildman–Crippen LogP) is -15.3. The van der Waals surface area contributed by atoms with Crippen LogP contribution < -0.4 is 138 Å². The molecule has 0 bridgehead atoms. The third-order valence-corrected chi connectivity index (χ3v) is 1.80. The number of aliphatic hydroxyl groups is 1. The fourth-order valence-electron chi connectivity index (χ4n) is 0.122. The molecule has 0 aliphatic heterocycles. The van der Waals surface area contributed by atoms with E-state index >= 15 is 0 Å². The topological polar surface area (TPSA) is 156 Å². The average molecular weight is 312 g/mol. The van der Waals surface area contributed by atoms with Crippen LogP contribution in [0, 0.1) is 0 Å². The first-order valence-electron chi connectivity index (χ1n) is 2.48. The van der Waals surface area contributed by atoms with Crippen LogP contribution in [0.1, 0.15) is 6.92 Å². The van der Waals surface area contributed by atoms with E-state index < -0.39 is 15.6 Å². The summed E-state index contributed by atoms with van der Waals surface area (Å²) in [5.74, 6) is 0. The molecule has 0 rings (SSSR count). The van der Waals surface area contributed by atoms with Crippen LogP contribution in [0.3, 0.4) is 0 Å². The molecule has 0 fully saturated rings. The van der Waals surface area contributed by atoms with Gasteiger partial charge in [-0.3, -0.25) is 0 Å². The third-order valence-electron chi connectivity index (χ3n) is 0.200. The zero-order valence-corrected chi connectivity index (χ0v) is 19.7. The summed E-state index contributed by atoms with van der Waals surface area (Å²) >= 11 is 0. The molecule has 14 heteroatoms. The van der Waals surface area contributed by atoms with Crippen LogP contribution in [0.15, 0.2) is 0 Å². The first kappa shape index (κ1) is 36.9. The second-order valence-corrected chi connectivity index (χ2v) is 3.73. The van der Waals surface area contributed by atoms with Crippen molar-refractivity contribution in [3.05, 3.63) is 0 Å². The van der Waals surface area contributed by atoms with E-state index in [0.29, 0.717) is 0 Å². The Hall–Kier alpha value is 4.22. The molecule has 0 aromatic heterocycles. The van der Waals surface area contributed by atoms with Crippen LogP contribution in [-0.4, -0.2) is 11.7 Å². The first-order valence-corrected chi connectivity index (χ1v) is 5.41. The summed E-state index contributed by atoms with van der Waals surface area (Å²) in [5, 5.41) is 7.57. The molecule has 0 aliphatic rings. The SMILES string of the molecule is CCO.O=P([O-])([O-])OP(=O)([O-])[O-].[Na+].[Na+].[Na+].[Na+]. The van der Waals surface area contributed by atoms with Crippen LogP contribution in [0.5, 0.6) is 0 Å². The number of aliphatic hydroxyl groups excluding tert-OH is 1. The molecule has 0 atom stereocenters. The zero-order chi connectivity index (χ0) is 10.4. The van der Waals surface area contributed by atoms with E-state index in [0.717, 1.165) is 0 Å². The van der Waals surface area contributed by atoms with Gasteiger partial charge in [0.15, 0.2) is 0 Å². The van der Waals surface area contributed by atoms with Crippen molar-refractivity contribution < 1.29 is 156 Å². The Bertz CT molecular complexity index is 180. The molecule has 8 nitrogen and oxygen atoms in total. The van der Waals surface area contributed by atoms with Crippen molar-refractivity contribution >= 4 is 15.6 Å². The zero-order valence-electron chi connectivity index (χ0n) is 9.91. The van der Waals surface area contributed by atoms with Crippen LogP contribution in [0.4, 0.5) is 0 Å². The minimum Gasteiger partial charge on any atom is -0.790 e. The van der Waals surface area contributed by atoms with Gasteiger partial charge in [-0.15, -0.1) is 0 Å². The molecule has 76 valence electrons. The largest absolute Gasteiger partial charge is 1.00 e. The second kappa shape index (κ2) is 19.2. The van der Waals surface area contributed by atoms with E-state index in [2.05, 4.69) is 4.31 Å². The predicted molar refractivity (Wildman–Crippen MR) is 29.1 cm³/mol. The number of hydrogen-bond acceptors (Lipinski definition) is 8. The molecule has 0 saturated carbocycles. The Kier molecular flexibility index (Phi) is 44.4. The van der Waals surface area contributed by atoms with Gasteiger partial charge in [-0.2, -0.15) is 0 Å². The molecular formula is C2H6Na4O8P2.